The number of carbonyl (C=O) groups is 2. The van der Waals surface area contributed by atoms with Crippen LogP contribution in [0.1, 0.15) is 23.1 Å². The van der Waals surface area contributed by atoms with E-state index < -0.39 is 12.1 Å². The summed E-state index contributed by atoms with van der Waals surface area (Å²) in [4.78, 5) is 22.6. The third-order valence-corrected chi connectivity index (χ3v) is 3.75. The first kappa shape index (κ1) is 20.0. The van der Waals surface area contributed by atoms with E-state index in [0.29, 0.717) is 24.3 Å². The first-order valence-electron chi connectivity index (χ1n) is 8.58. The molecule has 0 atom stereocenters. The van der Waals surface area contributed by atoms with Crippen molar-refractivity contribution >= 4 is 18.1 Å². The monoisotopic (exact) mass is 369 g/mol. The molecule has 1 amide bonds. The molecule has 27 heavy (non-hydrogen) atoms. The lowest BCUT2D eigenvalue weighted by molar-refractivity contribution is -0.136. The zero-order valence-electron chi connectivity index (χ0n) is 15.2. The molecule has 2 aromatic rings. The van der Waals surface area contributed by atoms with E-state index in [1.165, 1.54) is 7.11 Å². The molecule has 0 unspecified atom stereocenters. The van der Waals surface area contributed by atoms with Gasteiger partial charge in [0.1, 0.15) is 12.4 Å². The fourth-order valence-corrected chi connectivity index (χ4v) is 2.45. The Morgan fingerprint density at radius 1 is 1.15 bits per heavy atom. The van der Waals surface area contributed by atoms with E-state index in [4.69, 9.17) is 14.6 Å². The molecule has 0 aliphatic rings. The van der Waals surface area contributed by atoms with Gasteiger partial charge in [-0.1, -0.05) is 48.6 Å². The van der Waals surface area contributed by atoms with Crippen LogP contribution in [0.5, 0.6) is 5.75 Å². The molecule has 0 aliphatic heterocycles. The Morgan fingerprint density at radius 3 is 2.63 bits per heavy atom. The molecule has 0 radical (unpaired) electrons. The van der Waals surface area contributed by atoms with Crippen molar-refractivity contribution in [3.8, 4) is 5.75 Å². The van der Waals surface area contributed by atoms with E-state index in [0.717, 1.165) is 11.1 Å². The molecule has 0 aliphatic carbocycles. The van der Waals surface area contributed by atoms with Gasteiger partial charge in [-0.15, -0.1) is 0 Å². The van der Waals surface area contributed by atoms with Crippen molar-refractivity contribution in [1.29, 1.82) is 0 Å². The van der Waals surface area contributed by atoms with Crippen LogP contribution in [0.4, 0.5) is 4.79 Å². The van der Waals surface area contributed by atoms with Gasteiger partial charge in [-0.3, -0.25) is 4.79 Å². The average Bonchev–Trinajstić information content (AvgIpc) is 2.66. The molecule has 0 aromatic heterocycles. The number of carboxylic acid groups (broad SMARTS) is 1. The second-order valence-electron chi connectivity index (χ2n) is 5.82. The first-order chi connectivity index (χ1) is 13.1. The van der Waals surface area contributed by atoms with Crippen molar-refractivity contribution in [1.82, 2.24) is 5.32 Å². The number of methoxy groups -OCH3 is 1. The number of carbonyl (C=O) groups excluding carboxylic acids is 1. The van der Waals surface area contributed by atoms with E-state index in [1.54, 1.807) is 12.1 Å². The number of benzene rings is 2. The SMILES string of the molecule is COc1ccc(C=CCCNC(=O)OCc2ccccc2)cc1CC(=O)O. The zero-order valence-corrected chi connectivity index (χ0v) is 15.2. The maximum absolute atomic E-state index is 11.6. The highest BCUT2D eigenvalue weighted by Gasteiger charge is 2.07. The number of amides is 1. The molecule has 0 fully saturated rings. The smallest absolute Gasteiger partial charge is 0.407 e. The molecule has 0 saturated carbocycles. The van der Waals surface area contributed by atoms with Gasteiger partial charge in [0.05, 0.1) is 13.5 Å². The van der Waals surface area contributed by atoms with Crippen LogP contribution in [0.3, 0.4) is 0 Å². The Labute approximate surface area is 158 Å². The van der Waals surface area contributed by atoms with Crippen molar-refractivity contribution < 1.29 is 24.2 Å². The number of aliphatic carboxylic acids is 1. The maximum Gasteiger partial charge on any atom is 0.407 e. The second kappa shape index (κ2) is 10.7. The first-order valence-corrected chi connectivity index (χ1v) is 8.58. The Balaban J connectivity index is 1.75. The van der Waals surface area contributed by atoms with Gasteiger partial charge >= 0.3 is 12.1 Å². The summed E-state index contributed by atoms with van der Waals surface area (Å²) in [7, 11) is 1.51. The standard InChI is InChI=1S/C21H23NO5/c1-26-19-11-10-16(13-18(19)14-20(23)24)7-5-6-12-22-21(25)27-15-17-8-3-2-4-9-17/h2-5,7-11,13H,6,12,14-15H2,1H3,(H,22,25)(H,23,24). The van der Waals surface area contributed by atoms with Crippen LogP contribution in [0, 0.1) is 0 Å². The van der Waals surface area contributed by atoms with Crippen LogP contribution in [0.25, 0.3) is 6.08 Å². The summed E-state index contributed by atoms with van der Waals surface area (Å²) in [5.41, 5.74) is 2.43. The van der Waals surface area contributed by atoms with Crippen LogP contribution in [-0.2, 0) is 22.6 Å². The number of hydrogen-bond acceptors (Lipinski definition) is 4. The molecule has 2 rings (SSSR count). The molecule has 2 aromatic carbocycles. The predicted octanol–water partition coefficient (Wildman–Crippen LogP) is 3.65. The number of carboxylic acids is 1. The molecule has 6 heteroatoms. The molecular weight excluding hydrogens is 346 g/mol. The molecule has 2 N–H and O–H groups in total. The summed E-state index contributed by atoms with van der Waals surface area (Å²) in [6.07, 6.45) is 3.85. The maximum atomic E-state index is 11.6. The van der Waals surface area contributed by atoms with E-state index in [9.17, 15) is 9.59 Å². The molecule has 0 saturated heterocycles. The Hall–Kier alpha value is -3.28. The summed E-state index contributed by atoms with van der Waals surface area (Å²) in [5.74, 6) is -0.356. The summed E-state index contributed by atoms with van der Waals surface area (Å²) in [6.45, 7) is 0.684. The van der Waals surface area contributed by atoms with Crippen LogP contribution < -0.4 is 10.1 Å². The minimum Gasteiger partial charge on any atom is -0.496 e. The van der Waals surface area contributed by atoms with Gasteiger partial charge in [0.15, 0.2) is 0 Å². The van der Waals surface area contributed by atoms with Crippen LogP contribution >= 0.6 is 0 Å². The van der Waals surface area contributed by atoms with E-state index in [-0.39, 0.29) is 13.0 Å². The van der Waals surface area contributed by atoms with E-state index >= 15 is 0 Å². The highest BCUT2D eigenvalue weighted by molar-refractivity contribution is 5.72. The van der Waals surface area contributed by atoms with Crippen molar-refractivity contribution in [2.45, 2.75) is 19.4 Å². The molecular formula is C21H23NO5. The van der Waals surface area contributed by atoms with Crippen molar-refractivity contribution in [2.24, 2.45) is 0 Å². The lowest BCUT2D eigenvalue weighted by Gasteiger charge is -2.07. The lowest BCUT2D eigenvalue weighted by atomic mass is 10.1. The van der Waals surface area contributed by atoms with E-state index in [2.05, 4.69) is 5.32 Å². The summed E-state index contributed by atoms with van der Waals surface area (Å²) in [6, 6.07) is 14.9. The van der Waals surface area contributed by atoms with Crippen LogP contribution in [-0.4, -0.2) is 30.8 Å². The van der Waals surface area contributed by atoms with Gasteiger partial charge in [0.2, 0.25) is 0 Å². The summed E-state index contributed by atoms with van der Waals surface area (Å²) in [5, 5.41) is 11.7. The molecule has 0 bridgehead atoms. The van der Waals surface area contributed by atoms with Crippen LogP contribution in [0.15, 0.2) is 54.6 Å². The topological polar surface area (TPSA) is 84.9 Å². The van der Waals surface area contributed by atoms with Crippen molar-refractivity contribution in [3.05, 3.63) is 71.3 Å². The normalized spacial score (nSPS) is 10.6. The minimum absolute atomic E-state index is 0.0976. The lowest BCUT2D eigenvalue weighted by Crippen LogP contribution is -2.24. The Bertz CT molecular complexity index is 786. The third-order valence-electron chi connectivity index (χ3n) is 3.75. The van der Waals surface area contributed by atoms with Gasteiger partial charge in [0, 0.05) is 12.1 Å². The fraction of sp³-hybridized carbons (Fsp3) is 0.238. The number of ether oxygens (including phenoxy) is 2. The fourth-order valence-electron chi connectivity index (χ4n) is 2.45. The molecule has 0 heterocycles. The van der Waals surface area contributed by atoms with Crippen molar-refractivity contribution in [3.63, 3.8) is 0 Å². The van der Waals surface area contributed by atoms with Gasteiger partial charge < -0.3 is 19.9 Å². The summed E-state index contributed by atoms with van der Waals surface area (Å²) < 4.78 is 10.3. The number of alkyl carbamates (subject to hydrolysis) is 1. The van der Waals surface area contributed by atoms with Gasteiger partial charge in [-0.2, -0.15) is 0 Å². The third kappa shape index (κ3) is 7.23. The minimum atomic E-state index is -0.910. The Morgan fingerprint density at radius 2 is 1.93 bits per heavy atom. The quantitative estimate of drug-likeness (QED) is 0.659. The highest BCUT2D eigenvalue weighted by atomic mass is 16.5. The van der Waals surface area contributed by atoms with Gasteiger partial charge in [-0.25, -0.2) is 4.79 Å². The molecule has 0 spiro atoms. The predicted molar refractivity (Wildman–Crippen MR) is 103 cm³/mol. The largest absolute Gasteiger partial charge is 0.496 e. The number of rotatable bonds is 9. The number of nitrogens with one attached hydrogen (secondary N) is 1. The van der Waals surface area contributed by atoms with Crippen molar-refractivity contribution in [2.75, 3.05) is 13.7 Å². The zero-order chi connectivity index (χ0) is 19.5. The second-order valence-corrected chi connectivity index (χ2v) is 5.82. The highest BCUT2D eigenvalue weighted by Crippen LogP contribution is 2.21. The van der Waals surface area contributed by atoms with Gasteiger partial charge in [-0.05, 0) is 29.7 Å². The molecule has 6 nitrogen and oxygen atoms in total. The number of hydrogen-bond donors (Lipinski definition) is 2. The van der Waals surface area contributed by atoms with Crippen LogP contribution in [0.2, 0.25) is 0 Å². The van der Waals surface area contributed by atoms with E-state index in [1.807, 2.05) is 48.6 Å². The summed E-state index contributed by atoms with van der Waals surface area (Å²) >= 11 is 0. The average molecular weight is 369 g/mol. The Kier molecular flexibility index (Phi) is 7.91. The van der Waals surface area contributed by atoms with Gasteiger partial charge in [0.25, 0.3) is 0 Å². The molecule has 142 valence electrons.